The Balaban J connectivity index is 2.26. The van der Waals surface area contributed by atoms with Gasteiger partial charge >= 0.3 is 11.9 Å². The zero-order valence-corrected chi connectivity index (χ0v) is 16.4. The van der Waals surface area contributed by atoms with E-state index in [0.29, 0.717) is 5.71 Å². The van der Waals surface area contributed by atoms with Crippen LogP contribution < -0.4 is 16.7 Å². The fraction of sp³-hybridized carbons (Fsp3) is 0.158. The number of hydrogen-bond donors (Lipinski definition) is 2. The Bertz CT molecular complexity index is 1200. The van der Waals surface area contributed by atoms with E-state index in [1.807, 2.05) is 0 Å². The number of benzene rings is 1. The first-order chi connectivity index (χ1) is 14.3. The fourth-order valence-corrected chi connectivity index (χ4v) is 2.96. The minimum absolute atomic E-state index is 0.0612. The van der Waals surface area contributed by atoms with Crippen molar-refractivity contribution in [2.45, 2.75) is 6.18 Å². The molecule has 0 atom stereocenters. The normalized spacial score (nSPS) is 12.6. The van der Waals surface area contributed by atoms with Crippen LogP contribution in [0.15, 0.2) is 58.5 Å². The van der Waals surface area contributed by atoms with Crippen LogP contribution in [-0.2, 0) is 6.18 Å². The number of fused-ring (bicyclic) bond motifs is 1. The lowest BCUT2D eigenvalue weighted by Crippen LogP contribution is -2.26. The molecular weight excluding hydrogens is 421 g/mol. The van der Waals surface area contributed by atoms with Gasteiger partial charge in [0.05, 0.1) is 28.4 Å². The number of aromatic nitrogens is 3. The molecule has 11 heteroatoms. The molecule has 0 spiro atoms. The van der Waals surface area contributed by atoms with Crippen LogP contribution in [0.5, 0.6) is 0 Å². The van der Waals surface area contributed by atoms with Crippen LogP contribution in [0.25, 0.3) is 16.7 Å². The third-order valence-electron chi connectivity index (χ3n) is 4.14. The fourth-order valence-electron chi connectivity index (χ4n) is 2.74. The third kappa shape index (κ3) is 4.28. The Labute approximate surface area is 173 Å². The van der Waals surface area contributed by atoms with Crippen LogP contribution in [0.4, 0.5) is 19.0 Å². The number of nitrogens with one attached hydrogen (secondary N) is 1. The average molecular weight is 437 g/mol. The SMILES string of the molecule is CN=C(/C=C\N)CNc1nc(=O)n(-c2ccccc2Cl)c2nc(C(F)(F)F)ccc12. The molecule has 3 rings (SSSR count). The molecule has 0 aliphatic heterocycles. The van der Waals surface area contributed by atoms with E-state index in [0.717, 1.165) is 10.6 Å². The standard InChI is InChI=1S/C19H16ClF3N6O/c1-25-11(8-9-24)10-26-16-12-6-7-15(19(21,22)23)27-17(12)29(18(30)28-16)14-5-3-2-4-13(14)20/h2-9H,10,24H2,1H3,(H,26,28,30)/b9-8-,25-11?. The second-order valence-corrected chi connectivity index (χ2v) is 6.43. The van der Waals surface area contributed by atoms with Gasteiger partial charge in [0.25, 0.3) is 0 Å². The van der Waals surface area contributed by atoms with Gasteiger partial charge in [0.1, 0.15) is 11.5 Å². The summed E-state index contributed by atoms with van der Waals surface area (Å²) in [6.45, 7) is 0.142. The van der Waals surface area contributed by atoms with E-state index in [1.54, 1.807) is 25.3 Å². The van der Waals surface area contributed by atoms with Crippen molar-refractivity contribution in [3.8, 4) is 5.69 Å². The summed E-state index contributed by atoms with van der Waals surface area (Å²) in [5.74, 6) is 0.0612. The third-order valence-corrected chi connectivity index (χ3v) is 4.46. The van der Waals surface area contributed by atoms with Crippen LogP contribution in [-0.4, -0.2) is 33.8 Å². The van der Waals surface area contributed by atoms with Gasteiger partial charge in [0.2, 0.25) is 0 Å². The maximum atomic E-state index is 13.3. The number of anilines is 1. The molecule has 3 N–H and O–H groups in total. The highest BCUT2D eigenvalue weighted by Gasteiger charge is 2.33. The molecule has 0 unspecified atom stereocenters. The maximum Gasteiger partial charge on any atom is 0.433 e. The van der Waals surface area contributed by atoms with Crippen molar-refractivity contribution in [2.24, 2.45) is 10.7 Å². The molecule has 0 saturated carbocycles. The maximum absolute atomic E-state index is 13.3. The monoisotopic (exact) mass is 436 g/mol. The van der Waals surface area contributed by atoms with Crippen LogP contribution >= 0.6 is 11.6 Å². The van der Waals surface area contributed by atoms with Gasteiger partial charge in [-0.25, -0.2) is 14.3 Å². The highest BCUT2D eigenvalue weighted by Crippen LogP contribution is 2.31. The molecule has 0 aliphatic rings. The summed E-state index contributed by atoms with van der Waals surface area (Å²) < 4.78 is 40.8. The largest absolute Gasteiger partial charge is 0.433 e. The van der Waals surface area contributed by atoms with E-state index < -0.39 is 17.6 Å². The molecule has 0 bridgehead atoms. The summed E-state index contributed by atoms with van der Waals surface area (Å²) in [5.41, 5.74) is 3.86. The summed E-state index contributed by atoms with van der Waals surface area (Å²) in [5, 5.41) is 3.27. The zero-order chi connectivity index (χ0) is 21.9. The number of aliphatic imine (C=N–C) groups is 1. The molecule has 0 radical (unpaired) electrons. The van der Waals surface area contributed by atoms with E-state index in [2.05, 4.69) is 20.3 Å². The van der Waals surface area contributed by atoms with E-state index in [-0.39, 0.29) is 34.1 Å². The molecule has 0 saturated heterocycles. The van der Waals surface area contributed by atoms with Gasteiger partial charge in [-0.3, -0.25) is 4.99 Å². The predicted molar refractivity (Wildman–Crippen MR) is 110 cm³/mol. The predicted octanol–water partition coefficient (Wildman–Crippen LogP) is 3.41. The minimum atomic E-state index is -4.69. The van der Waals surface area contributed by atoms with Gasteiger partial charge in [-0.05, 0) is 36.5 Å². The van der Waals surface area contributed by atoms with E-state index in [9.17, 15) is 18.0 Å². The van der Waals surface area contributed by atoms with Crippen molar-refractivity contribution in [1.29, 1.82) is 0 Å². The summed E-state index contributed by atoms with van der Waals surface area (Å²) in [4.78, 5) is 24.5. The average Bonchev–Trinajstić information content (AvgIpc) is 2.70. The lowest BCUT2D eigenvalue weighted by Gasteiger charge is -2.15. The quantitative estimate of drug-likeness (QED) is 0.597. The highest BCUT2D eigenvalue weighted by atomic mass is 35.5. The lowest BCUT2D eigenvalue weighted by atomic mass is 10.2. The van der Waals surface area contributed by atoms with Crippen molar-refractivity contribution >= 4 is 34.2 Å². The Kier molecular flexibility index (Phi) is 6.06. The van der Waals surface area contributed by atoms with Crippen molar-refractivity contribution < 1.29 is 13.2 Å². The van der Waals surface area contributed by atoms with Crippen LogP contribution in [0.3, 0.4) is 0 Å². The topological polar surface area (TPSA) is 98.2 Å². The Morgan fingerprint density at radius 1 is 1.27 bits per heavy atom. The minimum Gasteiger partial charge on any atom is -0.405 e. The van der Waals surface area contributed by atoms with Crippen molar-refractivity contribution in [2.75, 3.05) is 18.9 Å². The van der Waals surface area contributed by atoms with Gasteiger partial charge in [-0.2, -0.15) is 18.2 Å². The van der Waals surface area contributed by atoms with Crippen LogP contribution in [0.2, 0.25) is 5.02 Å². The molecular formula is C19H16ClF3N6O. The highest BCUT2D eigenvalue weighted by molar-refractivity contribution is 6.32. The molecule has 156 valence electrons. The van der Waals surface area contributed by atoms with Gasteiger partial charge in [0, 0.05) is 7.05 Å². The second kappa shape index (κ2) is 8.54. The van der Waals surface area contributed by atoms with Crippen LogP contribution in [0.1, 0.15) is 5.69 Å². The number of para-hydroxylation sites is 1. The van der Waals surface area contributed by atoms with Gasteiger partial charge in [-0.15, -0.1) is 0 Å². The number of rotatable bonds is 5. The molecule has 2 aromatic heterocycles. The van der Waals surface area contributed by atoms with Crippen molar-refractivity contribution in [3.05, 3.63) is 69.9 Å². The first-order valence-corrected chi connectivity index (χ1v) is 8.97. The summed E-state index contributed by atoms with van der Waals surface area (Å²) in [6.07, 6.45) is -1.86. The number of nitrogens with zero attached hydrogens (tertiary/aromatic N) is 4. The van der Waals surface area contributed by atoms with Crippen LogP contribution in [0, 0.1) is 0 Å². The van der Waals surface area contributed by atoms with E-state index >= 15 is 0 Å². The smallest absolute Gasteiger partial charge is 0.405 e. The summed E-state index contributed by atoms with van der Waals surface area (Å²) in [7, 11) is 1.55. The number of alkyl halides is 3. The van der Waals surface area contributed by atoms with Gasteiger partial charge in [0.15, 0.2) is 5.65 Å². The number of pyridine rings is 1. The van der Waals surface area contributed by atoms with E-state index in [1.165, 1.54) is 24.4 Å². The molecule has 30 heavy (non-hydrogen) atoms. The van der Waals surface area contributed by atoms with E-state index in [4.69, 9.17) is 17.3 Å². The van der Waals surface area contributed by atoms with Crippen molar-refractivity contribution in [3.63, 3.8) is 0 Å². The number of halogens is 4. The van der Waals surface area contributed by atoms with Gasteiger partial charge < -0.3 is 11.1 Å². The summed E-state index contributed by atoms with van der Waals surface area (Å²) in [6, 6.07) is 8.27. The lowest BCUT2D eigenvalue weighted by molar-refractivity contribution is -0.141. The molecule has 0 amide bonds. The Hall–Kier alpha value is -3.40. The first kappa shape index (κ1) is 21.3. The zero-order valence-electron chi connectivity index (χ0n) is 15.6. The molecule has 7 nitrogen and oxygen atoms in total. The Morgan fingerprint density at radius 3 is 2.63 bits per heavy atom. The molecule has 2 heterocycles. The summed E-state index contributed by atoms with van der Waals surface area (Å²) >= 11 is 6.17. The Morgan fingerprint density at radius 2 is 2.00 bits per heavy atom. The molecule has 1 aromatic carbocycles. The molecule has 0 fully saturated rings. The molecule has 3 aromatic rings. The van der Waals surface area contributed by atoms with Crippen molar-refractivity contribution in [1.82, 2.24) is 14.5 Å². The van der Waals surface area contributed by atoms with Gasteiger partial charge in [-0.1, -0.05) is 23.7 Å². The second-order valence-electron chi connectivity index (χ2n) is 6.02. The number of nitrogens with two attached hydrogens (primary N) is 1. The number of hydrogen-bond acceptors (Lipinski definition) is 6. The molecule has 0 aliphatic carbocycles. The first-order valence-electron chi connectivity index (χ1n) is 8.60.